The third-order valence-electron chi connectivity index (χ3n) is 7.15. The Balaban J connectivity index is 1.89. The number of para-hydroxylation sites is 1. The highest BCUT2D eigenvalue weighted by Gasteiger charge is 2.44. The lowest BCUT2D eigenvalue weighted by molar-refractivity contribution is -0.135. The molecule has 0 unspecified atom stereocenters. The summed E-state index contributed by atoms with van der Waals surface area (Å²) in [5.41, 5.74) is 6.52. The molecule has 3 amide bonds. The van der Waals surface area contributed by atoms with Gasteiger partial charge in [-0.2, -0.15) is 13.2 Å². The van der Waals surface area contributed by atoms with Crippen molar-refractivity contribution in [2.45, 2.75) is 70.6 Å². The lowest BCUT2D eigenvalue weighted by Crippen LogP contribution is -2.54. The molecule has 1 fully saturated rings. The van der Waals surface area contributed by atoms with Crippen LogP contribution in [0, 0.1) is 5.92 Å². The molecule has 13 heteroatoms. The number of benzene rings is 1. The lowest BCUT2D eigenvalue weighted by atomic mass is 10.0. The van der Waals surface area contributed by atoms with Crippen molar-refractivity contribution in [3.63, 3.8) is 0 Å². The number of nitrogens with one attached hydrogen (secondary N) is 1. The first-order valence-electron chi connectivity index (χ1n) is 13.6. The van der Waals surface area contributed by atoms with Crippen LogP contribution in [-0.2, 0) is 17.4 Å². The highest BCUT2D eigenvalue weighted by molar-refractivity contribution is 7.12. The number of hydrogen-bond acceptors (Lipinski definition) is 6. The standard InChI is InChI=1S/C28H34F3N5O4S/c1-16(2)13-19(32)25(37)36(27(40)35-11-7-3-4-8-12-35)21(14-17-15-33-20-10-6-5-9-18(17)20)24-34-22(26(38)39)23(41-24)28(29,30)31/h5-6,9-10,15-16,19,21,33H,3-4,7-8,11-14,32H2,1-2H3,(H,38,39)/t19-,21+/m0/s1. The molecule has 0 aliphatic carbocycles. The Kier molecular flexibility index (Phi) is 9.37. The van der Waals surface area contributed by atoms with E-state index in [0.29, 0.717) is 18.7 Å². The van der Waals surface area contributed by atoms with E-state index in [1.807, 2.05) is 32.0 Å². The zero-order valence-electron chi connectivity index (χ0n) is 22.9. The fraction of sp³-hybridized carbons (Fsp3) is 0.500. The number of fused-ring (bicyclic) bond motifs is 1. The smallest absolute Gasteiger partial charge is 0.428 e. The number of urea groups is 1. The van der Waals surface area contributed by atoms with Crippen molar-refractivity contribution in [1.82, 2.24) is 19.8 Å². The molecular weight excluding hydrogens is 559 g/mol. The normalized spacial score (nSPS) is 16.0. The van der Waals surface area contributed by atoms with Gasteiger partial charge in [-0.25, -0.2) is 14.6 Å². The van der Waals surface area contributed by atoms with Gasteiger partial charge < -0.3 is 20.7 Å². The molecule has 9 nitrogen and oxygen atoms in total. The molecule has 2 atom stereocenters. The van der Waals surface area contributed by atoms with Gasteiger partial charge in [0.05, 0.1) is 12.1 Å². The maximum atomic E-state index is 14.1. The fourth-order valence-corrected chi connectivity index (χ4v) is 6.21. The van der Waals surface area contributed by atoms with Gasteiger partial charge in [-0.1, -0.05) is 44.9 Å². The second-order valence-corrected chi connectivity index (χ2v) is 11.8. The van der Waals surface area contributed by atoms with Crippen molar-refractivity contribution in [1.29, 1.82) is 0 Å². The minimum atomic E-state index is -4.99. The summed E-state index contributed by atoms with van der Waals surface area (Å²) in [5, 5.41) is 10.0. The van der Waals surface area contributed by atoms with Crippen molar-refractivity contribution in [3.8, 4) is 0 Å². The number of carbonyl (C=O) groups is 3. The lowest BCUT2D eigenvalue weighted by Gasteiger charge is -2.35. The molecule has 41 heavy (non-hydrogen) atoms. The van der Waals surface area contributed by atoms with Gasteiger partial charge in [-0.05, 0) is 36.8 Å². The Morgan fingerprint density at radius 2 is 1.80 bits per heavy atom. The van der Waals surface area contributed by atoms with Crippen LogP contribution in [0.2, 0.25) is 0 Å². The van der Waals surface area contributed by atoms with Gasteiger partial charge >= 0.3 is 18.2 Å². The number of aromatic nitrogens is 2. The number of halogens is 3. The van der Waals surface area contributed by atoms with E-state index < -0.39 is 46.7 Å². The molecule has 1 aliphatic rings. The monoisotopic (exact) mass is 593 g/mol. The summed E-state index contributed by atoms with van der Waals surface area (Å²) in [6.45, 7) is 4.50. The number of hydrogen-bond donors (Lipinski definition) is 3. The van der Waals surface area contributed by atoms with Gasteiger partial charge in [-0.15, -0.1) is 11.3 Å². The van der Waals surface area contributed by atoms with E-state index in [0.717, 1.165) is 41.5 Å². The molecule has 0 saturated carbocycles. The highest BCUT2D eigenvalue weighted by atomic mass is 32.1. The molecule has 0 spiro atoms. The summed E-state index contributed by atoms with van der Waals surface area (Å²) in [6.07, 6.45) is 0.0878. The molecular formula is C28H34F3N5O4S. The number of carbonyl (C=O) groups excluding carboxylic acids is 2. The largest absolute Gasteiger partial charge is 0.476 e. The number of thiazole rings is 1. The predicted molar refractivity (Wildman–Crippen MR) is 149 cm³/mol. The molecule has 1 aromatic carbocycles. The summed E-state index contributed by atoms with van der Waals surface area (Å²) in [7, 11) is 0. The number of aromatic carboxylic acids is 1. The molecule has 2 aromatic heterocycles. The Labute approximate surface area is 239 Å². The summed E-state index contributed by atoms with van der Waals surface area (Å²) < 4.78 is 41.8. The van der Waals surface area contributed by atoms with Crippen LogP contribution < -0.4 is 5.73 Å². The van der Waals surface area contributed by atoms with Crippen LogP contribution in [0.1, 0.15) is 77.9 Å². The molecule has 4 rings (SSSR count). The van der Waals surface area contributed by atoms with E-state index in [1.165, 1.54) is 4.90 Å². The Morgan fingerprint density at radius 3 is 2.39 bits per heavy atom. The second-order valence-electron chi connectivity index (χ2n) is 10.7. The molecule has 1 aliphatic heterocycles. The summed E-state index contributed by atoms with van der Waals surface area (Å²) in [6, 6.07) is 4.17. The molecule has 0 bridgehead atoms. The van der Waals surface area contributed by atoms with Crippen LogP contribution in [0.25, 0.3) is 10.9 Å². The van der Waals surface area contributed by atoms with Crippen LogP contribution in [0.15, 0.2) is 30.5 Å². The number of likely N-dealkylation sites (tertiary alicyclic amines) is 1. The maximum Gasteiger partial charge on any atom is 0.428 e. The Hall–Kier alpha value is -3.45. The number of carboxylic acids is 1. The van der Waals surface area contributed by atoms with E-state index in [4.69, 9.17) is 5.73 Å². The number of rotatable bonds is 8. The molecule has 3 heterocycles. The van der Waals surface area contributed by atoms with Crippen molar-refractivity contribution in [3.05, 3.63) is 51.6 Å². The number of H-pyrrole nitrogens is 1. The van der Waals surface area contributed by atoms with Gasteiger partial charge in [0.15, 0.2) is 5.69 Å². The Morgan fingerprint density at radius 1 is 1.15 bits per heavy atom. The average Bonchev–Trinajstić information content (AvgIpc) is 3.44. The zero-order valence-corrected chi connectivity index (χ0v) is 23.7. The average molecular weight is 594 g/mol. The molecule has 1 saturated heterocycles. The van der Waals surface area contributed by atoms with Crippen LogP contribution in [0.3, 0.4) is 0 Å². The molecule has 222 valence electrons. The first kappa shape index (κ1) is 30.5. The molecule has 0 radical (unpaired) electrons. The molecule has 3 aromatic rings. The van der Waals surface area contributed by atoms with Gasteiger partial charge in [-0.3, -0.25) is 9.69 Å². The van der Waals surface area contributed by atoms with Gasteiger partial charge in [0.2, 0.25) is 5.91 Å². The van der Waals surface area contributed by atoms with Crippen molar-refractivity contribution >= 4 is 40.1 Å². The second kappa shape index (κ2) is 12.6. The van der Waals surface area contributed by atoms with Crippen LogP contribution in [-0.4, -0.2) is 61.9 Å². The number of carboxylic acid groups (broad SMARTS) is 1. The van der Waals surface area contributed by atoms with E-state index in [2.05, 4.69) is 9.97 Å². The van der Waals surface area contributed by atoms with Crippen molar-refractivity contribution in [2.24, 2.45) is 11.7 Å². The number of alkyl halides is 3. The van der Waals surface area contributed by atoms with Crippen molar-refractivity contribution < 1.29 is 32.7 Å². The zero-order chi connectivity index (χ0) is 29.9. The third-order valence-corrected chi connectivity index (χ3v) is 8.35. The number of nitrogens with zero attached hydrogens (tertiary/aromatic N) is 3. The number of aromatic amines is 1. The van der Waals surface area contributed by atoms with Gasteiger partial charge in [0.25, 0.3) is 0 Å². The van der Waals surface area contributed by atoms with E-state index >= 15 is 0 Å². The number of nitrogens with two attached hydrogens (primary N) is 1. The Bertz CT molecular complexity index is 1390. The van der Waals surface area contributed by atoms with E-state index in [1.54, 1.807) is 12.3 Å². The van der Waals surface area contributed by atoms with E-state index in [-0.39, 0.29) is 35.1 Å². The van der Waals surface area contributed by atoms with Crippen molar-refractivity contribution in [2.75, 3.05) is 13.1 Å². The summed E-state index contributed by atoms with van der Waals surface area (Å²) >= 11 is 0.137. The van der Waals surface area contributed by atoms with Gasteiger partial charge in [0, 0.05) is 36.6 Å². The number of imide groups is 1. The quantitative estimate of drug-likeness (QED) is 0.301. The number of amides is 3. The molecule has 4 N–H and O–H groups in total. The summed E-state index contributed by atoms with van der Waals surface area (Å²) in [5.74, 6) is -2.58. The van der Waals surface area contributed by atoms with Crippen LogP contribution in [0.4, 0.5) is 18.0 Å². The SMILES string of the molecule is CC(C)C[C@H](N)C(=O)N(C(=O)N1CCCCCC1)[C@H](Cc1c[nH]c2ccccc12)c1nc(C(=O)O)c(C(F)(F)F)s1. The first-order valence-corrected chi connectivity index (χ1v) is 14.4. The third kappa shape index (κ3) is 6.89. The minimum absolute atomic E-state index is 0.00599. The minimum Gasteiger partial charge on any atom is -0.476 e. The predicted octanol–water partition coefficient (Wildman–Crippen LogP) is 5.82. The topological polar surface area (TPSA) is 133 Å². The summed E-state index contributed by atoms with van der Waals surface area (Å²) in [4.78, 5) is 48.0. The van der Waals surface area contributed by atoms with Gasteiger partial charge in [0.1, 0.15) is 9.88 Å². The fourth-order valence-electron chi connectivity index (χ4n) is 5.20. The highest BCUT2D eigenvalue weighted by Crippen LogP contribution is 2.41. The first-order chi connectivity index (χ1) is 19.4. The van der Waals surface area contributed by atoms with E-state index in [9.17, 15) is 32.7 Å². The van der Waals surface area contributed by atoms with Crippen LogP contribution in [0.5, 0.6) is 0 Å². The van der Waals surface area contributed by atoms with Crippen LogP contribution >= 0.6 is 11.3 Å². The maximum absolute atomic E-state index is 14.1.